The van der Waals surface area contributed by atoms with Crippen LogP contribution < -0.4 is 5.56 Å². The van der Waals surface area contributed by atoms with E-state index in [1.165, 1.54) is 27.0 Å². The van der Waals surface area contributed by atoms with Crippen molar-refractivity contribution in [2.75, 3.05) is 0 Å². The van der Waals surface area contributed by atoms with E-state index in [0.29, 0.717) is 35.0 Å². The lowest BCUT2D eigenvalue weighted by Crippen LogP contribution is -2.53. The molecule has 0 spiro atoms. The third kappa shape index (κ3) is 3.94. The molecular formula is C21H22ClN3O2S2. The minimum Gasteiger partial charge on any atom is -0.388 e. The van der Waals surface area contributed by atoms with Gasteiger partial charge in [-0.2, -0.15) is 5.10 Å². The van der Waals surface area contributed by atoms with E-state index in [0.717, 1.165) is 24.3 Å². The van der Waals surface area contributed by atoms with Crippen LogP contribution in [0.15, 0.2) is 46.6 Å². The van der Waals surface area contributed by atoms with Crippen LogP contribution in [0.25, 0.3) is 10.6 Å². The Bertz CT molecular complexity index is 1050. The van der Waals surface area contributed by atoms with Crippen LogP contribution in [0, 0.1) is 0 Å². The molecule has 1 N–H and O–H groups in total. The second-order valence-corrected chi connectivity index (χ2v) is 10.8. The SMILES string of the molecule is O=c1ccc(-c2ccc(Cl)s2)nn1CC1(O)C[C@@H]2CC[C@@H](C1)N2Cc1cccs1. The van der Waals surface area contributed by atoms with E-state index >= 15 is 0 Å². The topological polar surface area (TPSA) is 58.4 Å². The molecule has 8 heteroatoms. The van der Waals surface area contributed by atoms with Crippen molar-refractivity contribution in [1.29, 1.82) is 0 Å². The number of fused-ring (bicyclic) bond motifs is 2. The number of aromatic nitrogens is 2. The minimum absolute atomic E-state index is 0.182. The van der Waals surface area contributed by atoms with Crippen molar-refractivity contribution < 1.29 is 5.11 Å². The summed E-state index contributed by atoms with van der Waals surface area (Å²) in [4.78, 5) is 17.3. The lowest BCUT2D eigenvalue weighted by molar-refractivity contribution is -0.0674. The molecule has 2 fully saturated rings. The van der Waals surface area contributed by atoms with Gasteiger partial charge in [-0.3, -0.25) is 9.69 Å². The standard InChI is InChI=1S/C21H22ClN3O2S2/c22-19-7-6-18(29-19)17-5-8-20(26)25(23-17)13-21(27)10-14-3-4-15(11-21)24(14)12-16-2-1-9-28-16/h1-2,5-9,14-15,27H,3-4,10-13H2/t14-,15-/m0/s1. The van der Waals surface area contributed by atoms with Gasteiger partial charge in [0.25, 0.3) is 5.56 Å². The molecule has 29 heavy (non-hydrogen) atoms. The predicted octanol–water partition coefficient (Wildman–Crippen LogP) is 4.24. The maximum atomic E-state index is 12.4. The fourth-order valence-electron chi connectivity index (χ4n) is 4.81. The van der Waals surface area contributed by atoms with E-state index in [-0.39, 0.29) is 12.1 Å². The van der Waals surface area contributed by atoms with Gasteiger partial charge in [0.2, 0.25) is 0 Å². The fraction of sp³-hybridized carbons (Fsp3) is 0.429. The third-order valence-corrected chi connectivity index (χ3v) is 8.17. The zero-order valence-corrected chi connectivity index (χ0v) is 18.2. The maximum absolute atomic E-state index is 12.4. The van der Waals surface area contributed by atoms with Gasteiger partial charge >= 0.3 is 0 Å². The van der Waals surface area contributed by atoms with Crippen molar-refractivity contribution in [2.24, 2.45) is 0 Å². The number of rotatable bonds is 5. The van der Waals surface area contributed by atoms with Crippen LogP contribution >= 0.6 is 34.3 Å². The van der Waals surface area contributed by atoms with Crippen LogP contribution in [0.3, 0.4) is 0 Å². The number of halogens is 1. The van der Waals surface area contributed by atoms with E-state index < -0.39 is 5.60 Å². The first-order valence-corrected chi connectivity index (χ1v) is 11.9. The summed E-state index contributed by atoms with van der Waals surface area (Å²) in [5, 5.41) is 18.0. The van der Waals surface area contributed by atoms with E-state index in [1.54, 1.807) is 17.4 Å². The van der Waals surface area contributed by atoms with Crippen molar-refractivity contribution in [3.05, 3.63) is 61.3 Å². The number of piperidine rings is 1. The van der Waals surface area contributed by atoms with Gasteiger partial charge in [0.15, 0.2) is 0 Å². The number of aliphatic hydroxyl groups is 1. The fourth-order valence-corrected chi connectivity index (χ4v) is 6.53. The molecule has 0 radical (unpaired) electrons. The van der Waals surface area contributed by atoms with E-state index in [2.05, 4.69) is 27.5 Å². The van der Waals surface area contributed by atoms with Crippen molar-refractivity contribution in [2.45, 2.75) is 56.5 Å². The van der Waals surface area contributed by atoms with Crippen molar-refractivity contribution in [1.82, 2.24) is 14.7 Å². The molecule has 2 bridgehead atoms. The quantitative estimate of drug-likeness (QED) is 0.635. The molecule has 0 aliphatic carbocycles. The second-order valence-electron chi connectivity index (χ2n) is 8.09. The Balaban J connectivity index is 1.35. The molecular weight excluding hydrogens is 426 g/mol. The summed E-state index contributed by atoms with van der Waals surface area (Å²) in [5.74, 6) is 0. The maximum Gasteiger partial charge on any atom is 0.266 e. The molecule has 3 aromatic rings. The number of hydrogen-bond acceptors (Lipinski definition) is 6. The number of nitrogens with zero attached hydrogens (tertiary/aromatic N) is 3. The lowest BCUT2D eigenvalue weighted by atomic mass is 9.86. The summed E-state index contributed by atoms with van der Waals surface area (Å²) in [5.41, 5.74) is -0.373. The highest BCUT2D eigenvalue weighted by atomic mass is 35.5. The van der Waals surface area contributed by atoms with Crippen LogP contribution in [-0.2, 0) is 13.1 Å². The lowest BCUT2D eigenvalue weighted by Gasteiger charge is -2.43. The molecule has 2 aliphatic heterocycles. The van der Waals surface area contributed by atoms with Gasteiger partial charge in [0.1, 0.15) is 5.69 Å². The largest absolute Gasteiger partial charge is 0.388 e. The molecule has 5 rings (SSSR count). The smallest absolute Gasteiger partial charge is 0.266 e. The predicted molar refractivity (Wildman–Crippen MR) is 118 cm³/mol. The Hall–Kier alpha value is -1.51. The highest BCUT2D eigenvalue weighted by Crippen LogP contribution is 2.42. The van der Waals surface area contributed by atoms with E-state index in [9.17, 15) is 9.90 Å². The molecule has 152 valence electrons. The highest BCUT2D eigenvalue weighted by Gasteiger charge is 2.47. The molecule has 0 unspecified atom stereocenters. The molecule has 0 amide bonds. The molecule has 2 saturated heterocycles. The molecule has 2 aliphatic rings. The van der Waals surface area contributed by atoms with Crippen molar-refractivity contribution >= 4 is 34.3 Å². The third-order valence-electron chi connectivity index (χ3n) is 6.06. The van der Waals surface area contributed by atoms with E-state index in [1.807, 2.05) is 12.1 Å². The first-order valence-electron chi connectivity index (χ1n) is 9.83. The van der Waals surface area contributed by atoms with Crippen molar-refractivity contribution in [3.8, 4) is 10.6 Å². The Labute approximate surface area is 182 Å². The van der Waals surface area contributed by atoms with Gasteiger partial charge in [0, 0.05) is 29.6 Å². The molecule has 0 aromatic carbocycles. The van der Waals surface area contributed by atoms with Gasteiger partial charge in [0.05, 0.1) is 21.4 Å². The van der Waals surface area contributed by atoms with Gasteiger partial charge < -0.3 is 5.11 Å². The summed E-state index contributed by atoms with van der Waals surface area (Å²) >= 11 is 9.26. The Morgan fingerprint density at radius 3 is 2.62 bits per heavy atom. The minimum atomic E-state index is -0.902. The molecule has 5 heterocycles. The number of hydrogen-bond donors (Lipinski definition) is 1. The van der Waals surface area contributed by atoms with Crippen LogP contribution in [0.4, 0.5) is 0 Å². The summed E-state index contributed by atoms with van der Waals surface area (Å²) in [6.45, 7) is 1.19. The van der Waals surface area contributed by atoms with Crippen LogP contribution in [-0.4, -0.2) is 37.5 Å². The normalized spacial score (nSPS) is 26.8. The van der Waals surface area contributed by atoms with E-state index in [4.69, 9.17) is 11.6 Å². The Morgan fingerprint density at radius 2 is 1.97 bits per heavy atom. The average Bonchev–Trinajstić information content (AvgIpc) is 3.40. The summed E-state index contributed by atoms with van der Waals surface area (Å²) in [6, 6.07) is 12.0. The first-order chi connectivity index (χ1) is 14.0. The summed E-state index contributed by atoms with van der Waals surface area (Å²) in [7, 11) is 0. The van der Waals surface area contributed by atoms with Crippen LogP contribution in [0.1, 0.15) is 30.6 Å². The van der Waals surface area contributed by atoms with Crippen molar-refractivity contribution in [3.63, 3.8) is 0 Å². The molecule has 0 saturated carbocycles. The second kappa shape index (κ2) is 7.63. The monoisotopic (exact) mass is 447 g/mol. The molecule has 5 nitrogen and oxygen atoms in total. The number of thiophene rings is 2. The first kappa shape index (κ1) is 19.5. The average molecular weight is 448 g/mol. The van der Waals surface area contributed by atoms with Gasteiger partial charge in [-0.1, -0.05) is 17.7 Å². The van der Waals surface area contributed by atoms with Crippen LogP contribution in [0.5, 0.6) is 0 Å². The van der Waals surface area contributed by atoms with Gasteiger partial charge in [-0.05, 0) is 55.3 Å². The summed E-state index contributed by atoms with van der Waals surface area (Å²) < 4.78 is 2.12. The van der Waals surface area contributed by atoms with Crippen LogP contribution in [0.2, 0.25) is 4.34 Å². The summed E-state index contributed by atoms with van der Waals surface area (Å²) in [6.07, 6.45) is 3.57. The molecule has 2 atom stereocenters. The Kier molecular flexibility index (Phi) is 5.12. The zero-order valence-electron chi connectivity index (χ0n) is 15.8. The highest BCUT2D eigenvalue weighted by molar-refractivity contribution is 7.19. The molecule has 3 aromatic heterocycles. The zero-order chi connectivity index (χ0) is 20.0. The van der Waals surface area contributed by atoms with Gasteiger partial charge in [-0.15, -0.1) is 22.7 Å². The van der Waals surface area contributed by atoms with Gasteiger partial charge in [-0.25, -0.2) is 4.68 Å². The Morgan fingerprint density at radius 1 is 1.17 bits per heavy atom.